The van der Waals surface area contributed by atoms with Gasteiger partial charge in [-0.2, -0.15) is 18.4 Å². The maximum absolute atomic E-state index is 12.2. The second kappa shape index (κ2) is 3.35. The first kappa shape index (κ1) is 11.9. The van der Waals surface area contributed by atoms with Gasteiger partial charge < -0.3 is 0 Å². The van der Waals surface area contributed by atoms with Gasteiger partial charge in [-0.3, -0.25) is 0 Å². The molecule has 0 heterocycles. The van der Waals surface area contributed by atoms with Crippen molar-refractivity contribution < 1.29 is 31.1 Å². The lowest BCUT2D eigenvalue weighted by Crippen LogP contribution is -2.55. The zero-order valence-corrected chi connectivity index (χ0v) is 5.49. The number of alkyl halides is 3. The van der Waals surface area contributed by atoms with Crippen LogP contribution in [0.25, 0.3) is 0 Å². The lowest BCUT2D eigenvalue weighted by molar-refractivity contribution is -0.425. The van der Waals surface area contributed by atoms with Crippen molar-refractivity contribution in [2.75, 3.05) is 0 Å². The van der Waals surface area contributed by atoms with E-state index >= 15 is 0 Å². The van der Waals surface area contributed by atoms with Crippen molar-refractivity contribution in [3.05, 3.63) is 0 Å². The molecule has 0 rings (SSSR count). The van der Waals surface area contributed by atoms with Crippen LogP contribution in [0.15, 0.2) is 0 Å². The zero-order chi connectivity index (χ0) is 10.9. The van der Waals surface area contributed by atoms with Crippen LogP contribution in [0.2, 0.25) is 0 Å². The van der Waals surface area contributed by atoms with Crippen LogP contribution >= 0.6 is 0 Å². The Hall–Kier alpha value is -1.08. The molecule has 0 amide bonds. The molecule has 13 heavy (non-hydrogen) atoms. The minimum atomic E-state index is -5.93. The molecule has 0 radical (unpaired) electrons. The van der Waals surface area contributed by atoms with Crippen LogP contribution in [0.1, 0.15) is 0 Å². The molecule has 0 aromatic rings. The Labute approximate surface area is 66.3 Å². The van der Waals surface area contributed by atoms with E-state index in [0.29, 0.717) is 0 Å². The monoisotopic (exact) mass is 211 g/mol. The fraction of sp³-hybridized carbons (Fsp3) is 0.667. The molecule has 0 saturated heterocycles. The maximum Gasteiger partial charge on any atom is 0.422 e. The molecule has 0 N–H and O–H groups in total. The summed E-state index contributed by atoms with van der Waals surface area (Å²) in [5.41, 5.74) is 0. The molecule has 0 aliphatic carbocycles. The van der Waals surface area contributed by atoms with E-state index in [-0.39, 0.29) is 6.07 Å². The van der Waals surface area contributed by atoms with Gasteiger partial charge >= 0.3 is 11.8 Å². The van der Waals surface area contributed by atoms with Crippen LogP contribution < -0.4 is 0 Å². The normalized spacial score (nSPS) is 17.2. The second-order valence-electron chi connectivity index (χ2n) is 1.74. The van der Waals surface area contributed by atoms with E-state index in [1.165, 1.54) is 0 Å². The van der Waals surface area contributed by atoms with Gasteiger partial charge in [0.1, 0.15) is 6.07 Å². The Bertz CT molecular complexity index is 222. The van der Waals surface area contributed by atoms with Crippen molar-refractivity contribution in [1.82, 2.24) is 10.7 Å². The van der Waals surface area contributed by atoms with E-state index in [9.17, 15) is 31.1 Å². The van der Waals surface area contributed by atoms with E-state index < -0.39 is 22.5 Å². The second-order valence-corrected chi connectivity index (χ2v) is 1.74. The molecule has 0 aromatic carbocycles. The molecule has 1 atom stereocenters. The third-order valence-corrected chi connectivity index (χ3v) is 0.992. The van der Waals surface area contributed by atoms with Crippen LogP contribution in [0.4, 0.5) is 31.1 Å². The summed E-state index contributed by atoms with van der Waals surface area (Å²) in [5.74, 6) is -5.39. The summed E-state index contributed by atoms with van der Waals surface area (Å²) in [6.45, 7) is 0. The molecular weight excluding hydrogens is 211 g/mol. The highest BCUT2D eigenvalue weighted by atomic mass is 19.4. The van der Waals surface area contributed by atoms with Crippen molar-refractivity contribution in [2.24, 2.45) is 0 Å². The lowest BCUT2D eigenvalue weighted by atomic mass is 10.2. The standard InChI is InChI=1S/C3F7N3/c4-2(1-11,12(7)8)3(5,6)13(9)10. The fourth-order valence-electron chi connectivity index (χ4n) is 0.319. The number of hydrogen-bond acceptors (Lipinski definition) is 3. The van der Waals surface area contributed by atoms with Crippen molar-refractivity contribution in [1.29, 1.82) is 5.26 Å². The third-order valence-electron chi connectivity index (χ3n) is 0.992. The number of halogens is 7. The number of hydrogen-bond donors (Lipinski definition) is 0. The summed E-state index contributed by atoms with van der Waals surface area (Å²) >= 11 is 0. The minimum Gasteiger partial charge on any atom is -0.195 e. The van der Waals surface area contributed by atoms with Crippen LogP contribution in [0.3, 0.4) is 0 Å². The highest BCUT2D eigenvalue weighted by Gasteiger charge is 2.68. The van der Waals surface area contributed by atoms with Gasteiger partial charge in [0.05, 0.1) is 10.7 Å². The van der Waals surface area contributed by atoms with Gasteiger partial charge in [0.25, 0.3) is 0 Å². The fourth-order valence-corrected chi connectivity index (χ4v) is 0.319. The maximum atomic E-state index is 12.2. The molecular formula is C3F7N3. The summed E-state index contributed by atoms with van der Waals surface area (Å²) in [7, 11) is 0. The molecule has 0 aromatic heterocycles. The highest BCUT2D eigenvalue weighted by molar-refractivity contribution is 5.03. The Kier molecular flexibility index (Phi) is 3.07. The predicted molar refractivity (Wildman–Crippen MR) is 22.5 cm³/mol. The first-order valence-corrected chi connectivity index (χ1v) is 2.41. The average molecular weight is 211 g/mol. The third kappa shape index (κ3) is 1.65. The van der Waals surface area contributed by atoms with E-state index in [2.05, 4.69) is 0 Å². The quantitative estimate of drug-likeness (QED) is 0.405. The van der Waals surface area contributed by atoms with Gasteiger partial charge in [0.15, 0.2) is 0 Å². The van der Waals surface area contributed by atoms with E-state index in [1.807, 2.05) is 0 Å². The predicted octanol–water partition coefficient (Wildman–Crippen LogP) is 1.91. The Morgan fingerprint density at radius 2 is 1.31 bits per heavy atom. The van der Waals surface area contributed by atoms with E-state index in [1.54, 1.807) is 0 Å². The number of rotatable bonds is 3. The molecule has 0 bridgehead atoms. The van der Waals surface area contributed by atoms with Crippen molar-refractivity contribution >= 4 is 0 Å². The molecule has 1 unspecified atom stereocenters. The highest BCUT2D eigenvalue weighted by Crippen LogP contribution is 2.39. The molecule has 0 fully saturated rings. The Morgan fingerprint density at radius 3 is 1.38 bits per heavy atom. The van der Waals surface area contributed by atoms with E-state index in [0.717, 1.165) is 0 Å². The molecule has 0 spiro atoms. The van der Waals surface area contributed by atoms with Crippen LogP contribution in [0, 0.1) is 11.3 Å². The van der Waals surface area contributed by atoms with Crippen molar-refractivity contribution in [3.8, 4) is 6.07 Å². The first-order valence-electron chi connectivity index (χ1n) is 2.41. The first-order chi connectivity index (χ1) is 5.70. The van der Waals surface area contributed by atoms with Crippen LogP contribution in [-0.2, 0) is 0 Å². The summed E-state index contributed by atoms with van der Waals surface area (Å²) in [4.78, 5) is 0. The molecule has 10 heteroatoms. The SMILES string of the molecule is N#CC(F)(N(F)F)C(F)(F)N(F)F. The summed E-state index contributed by atoms with van der Waals surface area (Å²) in [5, 5.41) is 1.51. The molecule has 0 saturated carbocycles. The summed E-state index contributed by atoms with van der Waals surface area (Å²) < 4.78 is 81.1. The van der Waals surface area contributed by atoms with Gasteiger partial charge in [-0.1, -0.05) is 17.9 Å². The number of nitrogens with zero attached hydrogens (tertiary/aromatic N) is 3. The topological polar surface area (TPSA) is 30.3 Å². The smallest absolute Gasteiger partial charge is 0.195 e. The van der Waals surface area contributed by atoms with Gasteiger partial charge in [-0.15, -0.1) is 0 Å². The van der Waals surface area contributed by atoms with Crippen molar-refractivity contribution in [3.63, 3.8) is 0 Å². The zero-order valence-electron chi connectivity index (χ0n) is 5.49. The molecule has 0 aliphatic rings. The van der Waals surface area contributed by atoms with Gasteiger partial charge in [-0.05, 0) is 0 Å². The molecule has 76 valence electrons. The minimum absolute atomic E-state index is 0.263. The average Bonchev–Trinajstić information content (AvgIpc) is 2.01. The Balaban J connectivity index is 5.11. The molecule has 0 aliphatic heterocycles. The lowest BCUT2D eigenvalue weighted by Gasteiger charge is -2.25. The summed E-state index contributed by atoms with van der Waals surface area (Å²) in [6, 6.07) is -6.19. The van der Waals surface area contributed by atoms with Crippen LogP contribution in [0.5, 0.6) is 0 Å². The van der Waals surface area contributed by atoms with Gasteiger partial charge in [-0.25, -0.2) is 0 Å². The Morgan fingerprint density at radius 1 is 0.923 bits per heavy atom. The van der Waals surface area contributed by atoms with Gasteiger partial charge in [0, 0.05) is 0 Å². The number of nitriles is 1. The van der Waals surface area contributed by atoms with Crippen molar-refractivity contribution in [2.45, 2.75) is 11.8 Å². The molecule has 3 nitrogen and oxygen atoms in total. The van der Waals surface area contributed by atoms with Gasteiger partial charge in [0.2, 0.25) is 0 Å². The largest absolute Gasteiger partial charge is 0.422 e. The summed E-state index contributed by atoms with van der Waals surface area (Å²) in [6.07, 6.45) is 0. The van der Waals surface area contributed by atoms with E-state index in [4.69, 9.17) is 5.26 Å². The van der Waals surface area contributed by atoms with Crippen LogP contribution in [-0.4, -0.2) is 22.5 Å².